The lowest BCUT2D eigenvalue weighted by Crippen LogP contribution is -2.57. The lowest BCUT2D eigenvalue weighted by molar-refractivity contribution is -0.134. The summed E-state index contributed by atoms with van der Waals surface area (Å²) >= 11 is 6.97. The number of halogens is 6. The van der Waals surface area contributed by atoms with Crippen molar-refractivity contribution in [1.82, 2.24) is 20.0 Å². The molecule has 0 unspecified atom stereocenters. The number of carboxylic acid groups (broad SMARTS) is 1. The van der Waals surface area contributed by atoms with Crippen LogP contribution in [-0.2, 0) is 27.1 Å². The fourth-order valence-electron chi connectivity index (χ4n) is 7.90. The molecule has 56 heavy (non-hydrogen) atoms. The Morgan fingerprint density at radius 1 is 0.804 bits per heavy atom. The van der Waals surface area contributed by atoms with Crippen molar-refractivity contribution in [1.29, 1.82) is 0 Å². The second kappa shape index (κ2) is 24.9. The van der Waals surface area contributed by atoms with Gasteiger partial charge in [-0.05, 0) is 87.0 Å². The minimum Gasteiger partial charge on any atom is -0.481 e. The molecule has 0 radical (unpaired) electrons. The van der Waals surface area contributed by atoms with E-state index in [1.807, 2.05) is 0 Å². The number of rotatable bonds is 8. The van der Waals surface area contributed by atoms with Crippen LogP contribution in [0, 0.1) is 0 Å². The molecule has 5 aliphatic rings. The van der Waals surface area contributed by atoms with Crippen molar-refractivity contribution in [2.75, 3.05) is 65.8 Å². The first-order valence-electron chi connectivity index (χ1n) is 19.0. The summed E-state index contributed by atoms with van der Waals surface area (Å²) in [6, 6.07) is 18.5. The van der Waals surface area contributed by atoms with Gasteiger partial charge in [-0.25, -0.2) is 8.78 Å². The molecule has 0 spiro atoms. The Balaban J connectivity index is 0.000000271. The van der Waals surface area contributed by atoms with E-state index in [0.717, 1.165) is 93.0 Å². The average Bonchev–Trinajstić information content (AvgIpc) is 3.63. The standard InChI is InChI=1S/C20H27BrFN5O.C17H24BrFN2O.C2H4O2.2ClH/c21-15-3-1-14(2-4-15)9-17-13-28-18(11-22)12-27(17)16-5-7-26(8-6-16)20-10-19(23)24-25-20;18-14-3-1-13(2-4-14)9-16-12-22-17(10-19)11-21(16)15-5-7-20-8-6-15;1-2(3)4;;/h1-4,16-18H,5-13H2,(H2,23,24);1-4,15-17,20H,5-12H2;1H3,(H,3,4);2*1H/t17-,18-;16-,17-;;;/m00.../s1. The van der Waals surface area contributed by atoms with Crippen LogP contribution in [0.5, 0.6) is 0 Å². The van der Waals surface area contributed by atoms with E-state index in [9.17, 15) is 8.78 Å². The number of benzene rings is 2. The molecule has 314 valence electrons. The van der Waals surface area contributed by atoms with Crippen molar-refractivity contribution in [2.45, 2.75) is 88.2 Å². The van der Waals surface area contributed by atoms with Crippen LogP contribution < -0.4 is 11.1 Å². The number of carboxylic acids is 1. The molecule has 4 atom stereocenters. The maximum Gasteiger partial charge on any atom is 0.300 e. The molecule has 4 fully saturated rings. The number of ether oxygens (including phenoxy) is 2. The summed E-state index contributed by atoms with van der Waals surface area (Å²) in [4.78, 5) is 16.3. The Bertz CT molecular complexity index is 1520. The van der Waals surface area contributed by atoms with Crippen molar-refractivity contribution in [3.8, 4) is 0 Å². The third-order valence-electron chi connectivity index (χ3n) is 10.6. The molecule has 0 bridgehead atoms. The number of nitrogens with one attached hydrogen (secondary N) is 1. The summed E-state index contributed by atoms with van der Waals surface area (Å²) in [6.45, 7) is 6.89. The highest BCUT2D eigenvalue weighted by Gasteiger charge is 2.37. The minimum atomic E-state index is -0.833. The van der Waals surface area contributed by atoms with Gasteiger partial charge in [0.1, 0.15) is 25.0 Å². The summed E-state index contributed by atoms with van der Waals surface area (Å²) in [5.41, 5.74) is 8.35. The molecule has 0 saturated carbocycles. The Morgan fingerprint density at radius 3 is 1.62 bits per heavy atom. The van der Waals surface area contributed by atoms with Crippen molar-refractivity contribution in [3.05, 3.63) is 68.6 Å². The van der Waals surface area contributed by atoms with Gasteiger partial charge >= 0.3 is 0 Å². The van der Waals surface area contributed by atoms with Crippen molar-refractivity contribution >= 4 is 74.3 Å². The number of alkyl halides is 2. The predicted molar refractivity (Wildman–Crippen MR) is 230 cm³/mol. The van der Waals surface area contributed by atoms with E-state index in [-0.39, 0.29) is 49.7 Å². The molecule has 5 heterocycles. The topological polar surface area (TPSA) is 128 Å². The van der Waals surface area contributed by atoms with E-state index in [0.29, 0.717) is 50.1 Å². The van der Waals surface area contributed by atoms with Gasteiger partial charge in [0.15, 0.2) is 0 Å². The van der Waals surface area contributed by atoms with E-state index in [2.05, 4.69) is 111 Å². The molecular weight excluding hydrogens is 899 g/mol. The number of amidine groups is 2. The second-order valence-electron chi connectivity index (χ2n) is 14.6. The third-order valence-corrected chi connectivity index (χ3v) is 11.7. The maximum absolute atomic E-state index is 13.3. The minimum absolute atomic E-state index is 0. The largest absolute Gasteiger partial charge is 0.481 e. The fourth-order valence-corrected chi connectivity index (χ4v) is 8.43. The van der Waals surface area contributed by atoms with Gasteiger partial charge in [0.05, 0.1) is 31.8 Å². The Morgan fingerprint density at radius 2 is 1.23 bits per heavy atom. The van der Waals surface area contributed by atoms with Gasteiger partial charge in [-0.3, -0.25) is 14.6 Å². The van der Waals surface area contributed by atoms with E-state index >= 15 is 0 Å². The Hall–Kier alpha value is -1.95. The van der Waals surface area contributed by atoms with Crippen LogP contribution in [0.15, 0.2) is 67.7 Å². The molecule has 4 saturated heterocycles. The van der Waals surface area contributed by atoms with Gasteiger partial charge in [0, 0.05) is 66.2 Å². The molecule has 5 aliphatic heterocycles. The van der Waals surface area contributed by atoms with E-state index < -0.39 is 12.6 Å². The predicted octanol–water partition coefficient (Wildman–Crippen LogP) is 6.29. The Kier molecular flexibility index (Phi) is 21.5. The van der Waals surface area contributed by atoms with Crippen LogP contribution in [0.25, 0.3) is 0 Å². The molecule has 0 aliphatic carbocycles. The molecule has 0 aromatic heterocycles. The number of carbonyl (C=O) groups is 1. The number of nitrogens with two attached hydrogens (primary N) is 1. The Labute approximate surface area is 359 Å². The fraction of sp³-hybridized carbons (Fsp3) is 0.615. The van der Waals surface area contributed by atoms with Crippen LogP contribution in [0.2, 0.25) is 0 Å². The average molecular weight is 957 g/mol. The number of likely N-dealkylation sites (tertiary alicyclic amines) is 1. The molecular formula is C39H57Br2Cl2F2N7O4. The van der Waals surface area contributed by atoms with Crippen LogP contribution >= 0.6 is 56.7 Å². The zero-order valence-corrected chi connectivity index (χ0v) is 36.7. The van der Waals surface area contributed by atoms with Gasteiger partial charge in [0.2, 0.25) is 0 Å². The van der Waals surface area contributed by atoms with Gasteiger partial charge in [0.25, 0.3) is 5.97 Å². The lowest BCUT2D eigenvalue weighted by Gasteiger charge is -2.46. The van der Waals surface area contributed by atoms with Crippen LogP contribution in [0.3, 0.4) is 0 Å². The number of nitrogens with zero attached hydrogens (tertiary/aromatic N) is 5. The van der Waals surface area contributed by atoms with Crippen molar-refractivity contribution in [3.63, 3.8) is 0 Å². The van der Waals surface area contributed by atoms with Crippen molar-refractivity contribution in [2.24, 2.45) is 15.9 Å². The van der Waals surface area contributed by atoms with E-state index in [1.165, 1.54) is 11.1 Å². The third kappa shape index (κ3) is 15.0. The summed E-state index contributed by atoms with van der Waals surface area (Å²) in [7, 11) is 0. The number of hydrogen-bond acceptors (Lipinski definition) is 10. The SMILES string of the molecule is CC(=O)O.Cl.Cl.FC[C@H]1CN(C2CCNCC2)[C@@H](Cc2ccc(Br)cc2)CO1.NC1=NN=C(N2CCC(N3C[C@H](CF)OC[C@@H]3Cc3ccc(Br)cc3)CC2)C1. The van der Waals surface area contributed by atoms with Gasteiger partial charge < -0.3 is 30.5 Å². The zero-order chi connectivity index (χ0) is 38.5. The van der Waals surface area contributed by atoms with Gasteiger partial charge in [-0.2, -0.15) is 0 Å². The summed E-state index contributed by atoms with van der Waals surface area (Å²) < 4.78 is 40.0. The highest BCUT2D eigenvalue weighted by molar-refractivity contribution is 9.10. The molecule has 2 aromatic rings. The van der Waals surface area contributed by atoms with Gasteiger partial charge in [-0.1, -0.05) is 56.1 Å². The smallest absolute Gasteiger partial charge is 0.300 e. The summed E-state index contributed by atoms with van der Waals surface area (Å²) in [6.07, 6.45) is 6.34. The first-order valence-corrected chi connectivity index (χ1v) is 20.6. The first kappa shape index (κ1) is 48.4. The van der Waals surface area contributed by atoms with Crippen LogP contribution in [0.1, 0.15) is 50.2 Å². The number of aliphatic carboxylic acids is 1. The number of hydrogen-bond donors (Lipinski definition) is 3. The lowest BCUT2D eigenvalue weighted by atomic mass is 9.96. The highest BCUT2D eigenvalue weighted by Crippen LogP contribution is 2.27. The van der Waals surface area contributed by atoms with Crippen LogP contribution in [-0.4, -0.2) is 140 Å². The molecule has 4 N–H and O–H groups in total. The number of piperidine rings is 2. The normalized spacial score (nSPS) is 24.9. The molecule has 17 heteroatoms. The summed E-state index contributed by atoms with van der Waals surface area (Å²) in [5, 5.41) is 19.0. The quantitative estimate of drug-likeness (QED) is 0.280. The maximum atomic E-state index is 13.3. The van der Waals surface area contributed by atoms with Gasteiger partial charge in [-0.15, -0.1) is 35.0 Å². The van der Waals surface area contributed by atoms with E-state index in [1.54, 1.807) is 0 Å². The first-order chi connectivity index (χ1) is 26.1. The summed E-state index contributed by atoms with van der Waals surface area (Å²) in [5.74, 6) is 0.733. The molecule has 7 rings (SSSR count). The molecule has 11 nitrogen and oxygen atoms in total. The highest BCUT2D eigenvalue weighted by atomic mass is 79.9. The zero-order valence-electron chi connectivity index (χ0n) is 31.9. The second-order valence-corrected chi connectivity index (χ2v) is 16.4. The molecule has 2 aromatic carbocycles. The van der Waals surface area contributed by atoms with Crippen molar-refractivity contribution < 1.29 is 28.2 Å². The van der Waals surface area contributed by atoms with E-state index in [4.69, 9.17) is 25.1 Å². The molecule has 0 amide bonds. The number of morpholine rings is 2. The van der Waals surface area contributed by atoms with Crippen LogP contribution in [0.4, 0.5) is 8.78 Å². The monoisotopic (exact) mass is 953 g/mol.